The third-order valence-corrected chi connectivity index (χ3v) is 8.50. The zero-order valence-electron chi connectivity index (χ0n) is 24.1. The minimum absolute atomic E-state index is 0.0537. The molecule has 2 fully saturated rings. The zero-order valence-corrected chi connectivity index (χ0v) is 24.1. The first kappa shape index (κ1) is 30.0. The Hall–Kier alpha value is -3.43. The van der Waals surface area contributed by atoms with Gasteiger partial charge >= 0.3 is 5.97 Å². The first-order valence-electron chi connectivity index (χ1n) is 14.7. The molecule has 2 heterocycles. The number of carboxylic acid groups (broad SMARTS) is 1. The van der Waals surface area contributed by atoms with Crippen LogP contribution in [-0.4, -0.2) is 52.9 Å². The number of halogens is 3. The lowest BCUT2D eigenvalue weighted by molar-refractivity contribution is -0.137. The fourth-order valence-corrected chi connectivity index (χ4v) is 6.02. The number of carbonyl (C=O) groups is 1. The van der Waals surface area contributed by atoms with Gasteiger partial charge < -0.3 is 15.0 Å². The van der Waals surface area contributed by atoms with E-state index in [1.54, 1.807) is 10.6 Å². The van der Waals surface area contributed by atoms with Crippen molar-refractivity contribution in [3.8, 4) is 11.1 Å². The van der Waals surface area contributed by atoms with E-state index < -0.39 is 36.2 Å². The molecule has 1 saturated heterocycles. The standard InChI is InChI=1S/C33H38F3N3O3/c1-20-4-3-5-21(2)32(20)24-13-27(33(36)28(35)14-24)29(15-31(41)42)37-16-26(12-22-6-7-22)39-17-23(8-9-30(39)40)10-11-38-18-25(34)19-38/h3-5,8-9,13-14,17,22,25-26,29,37H,6-7,10-12,15-16,18-19H2,1-2H3,(H,41,42). The molecule has 3 aromatic rings. The topological polar surface area (TPSA) is 74.6 Å². The second-order valence-corrected chi connectivity index (χ2v) is 11.9. The van der Waals surface area contributed by atoms with Gasteiger partial charge in [-0.3, -0.25) is 14.5 Å². The summed E-state index contributed by atoms with van der Waals surface area (Å²) < 4.78 is 45.2. The van der Waals surface area contributed by atoms with Crippen LogP contribution < -0.4 is 10.9 Å². The number of hydrogen-bond donors (Lipinski definition) is 2. The lowest BCUT2D eigenvalue weighted by atomic mass is 9.92. The third-order valence-electron chi connectivity index (χ3n) is 8.50. The van der Waals surface area contributed by atoms with Gasteiger partial charge in [0.1, 0.15) is 6.17 Å². The SMILES string of the molecule is Cc1cccc(C)c1-c1cc(F)c(F)c(C(CC(=O)O)NCC(CC2CC2)n2cc(CCN3CC(F)C3)ccc2=O)c1. The molecule has 2 aromatic carbocycles. The maximum Gasteiger partial charge on any atom is 0.305 e. The molecule has 1 aliphatic carbocycles. The molecule has 0 radical (unpaired) electrons. The minimum atomic E-state index is -1.15. The monoisotopic (exact) mass is 581 g/mol. The fraction of sp³-hybridized carbons (Fsp3) is 0.455. The molecule has 2 unspecified atom stereocenters. The van der Waals surface area contributed by atoms with Crippen molar-refractivity contribution < 1.29 is 23.1 Å². The van der Waals surface area contributed by atoms with Gasteiger partial charge in [0.25, 0.3) is 5.56 Å². The number of hydrogen-bond acceptors (Lipinski definition) is 4. The summed E-state index contributed by atoms with van der Waals surface area (Å²) in [4.78, 5) is 26.9. The molecule has 0 bridgehead atoms. The van der Waals surface area contributed by atoms with E-state index in [2.05, 4.69) is 5.32 Å². The molecule has 2 aliphatic rings. The van der Waals surface area contributed by atoms with Gasteiger partial charge in [-0.05, 0) is 72.6 Å². The van der Waals surface area contributed by atoms with E-state index >= 15 is 4.39 Å². The highest BCUT2D eigenvalue weighted by Gasteiger charge is 2.30. The Bertz CT molecular complexity index is 1480. The van der Waals surface area contributed by atoms with Crippen molar-refractivity contribution >= 4 is 5.97 Å². The van der Waals surface area contributed by atoms with E-state index in [1.807, 2.05) is 43.1 Å². The number of aryl methyl sites for hydroxylation is 2. The normalized spacial score (nSPS) is 17.2. The van der Waals surface area contributed by atoms with Crippen LogP contribution in [0.4, 0.5) is 13.2 Å². The number of carboxylic acids is 1. The highest BCUT2D eigenvalue weighted by molar-refractivity contribution is 5.72. The minimum Gasteiger partial charge on any atom is -0.481 e. The number of pyridine rings is 1. The average Bonchev–Trinajstić information content (AvgIpc) is 3.74. The van der Waals surface area contributed by atoms with Gasteiger partial charge in [-0.1, -0.05) is 37.1 Å². The van der Waals surface area contributed by atoms with Gasteiger partial charge in [0.15, 0.2) is 11.6 Å². The fourth-order valence-electron chi connectivity index (χ4n) is 6.02. The Labute approximate surface area is 244 Å². The van der Waals surface area contributed by atoms with Crippen LogP contribution in [0.2, 0.25) is 0 Å². The summed E-state index contributed by atoms with van der Waals surface area (Å²) in [5, 5.41) is 12.9. The van der Waals surface area contributed by atoms with Crippen molar-refractivity contribution in [2.75, 3.05) is 26.2 Å². The van der Waals surface area contributed by atoms with Gasteiger partial charge in [-0.15, -0.1) is 0 Å². The summed E-state index contributed by atoms with van der Waals surface area (Å²) >= 11 is 0. The zero-order chi connectivity index (χ0) is 30.0. The number of aromatic nitrogens is 1. The van der Waals surface area contributed by atoms with Crippen LogP contribution in [0, 0.1) is 31.4 Å². The Balaban J connectivity index is 1.41. The predicted molar refractivity (Wildman–Crippen MR) is 156 cm³/mol. The van der Waals surface area contributed by atoms with Crippen LogP contribution in [-0.2, 0) is 11.2 Å². The molecule has 9 heteroatoms. The van der Waals surface area contributed by atoms with Crippen molar-refractivity contribution in [2.45, 2.75) is 64.2 Å². The molecule has 2 atom stereocenters. The average molecular weight is 582 g/mol. The van der Waals surface area contributed by atoms with Gasteiger partial charge in [-0.25, -0.2) is 13.2 Å². The molecule has 224 valence electrons. The molecule has 1 saturated carbocycles. The van der Waals surface area contributed by atoms with E-state index in [9.17, 15) is 23.5 Å². The quantitative estimate of drug-likeness (QED) is 0.269. The van der Waals surface area contributed by atoms with Crippen LogP contribution in [0.3, 0.4) is 0 Å². The lowest BCUT2D eigenvalue weighted by Gasteiger charge is -2.34. The summed E-state index contributed by atoms with van der Waals surface area (Å²) in [7, 11) is 0. The van der Waals surface area contributed by atoms with E-state index in [-0.39, 0.29) is 23.7 Å². The van der Waals surface area contributed by atoms with Crippen LogP contribution >= 0.6 is 0 Å². The third kappa shape index (κ3) is 7.13. The summed E-state index contributed by atoms with van der Waals surface area (Å²) in [5.41, 5.74) is 3.78. The molecule has 5 rings (SSSR count). The molecule has 1 aliphatic heterocycles. The van der Waals surface area contributed by atoms with Crippen molar-refractivity contribution in [1.29, 1.82) is 0 Å². The van der Waals surface area contributed by atoms with Crippen molar-refractivity contribution in [3.05, 3.63) is 92.9 Å². The van der Waals surface area contributed by atoms with Crippen molar-refractivity contribution in [2.24, 2.45) is 5.92 Å². The highest BCUT2D eigenvalue weighted by atomic mass is 19.2. The molecular weight excluding hydrogens is 543 g/mol. The van der Waals surface area contributed by atoms with Crippen LogP contribution in [0.5, 0.6) is 0 Å². The largest absolute Gasteiger partial charge is 0.481 e. The lowest BCUT2D eigenvalue weighted by Crippen LogP contribution is -2.48. The number of rotatable bonds is 13. The Morgan fingerprint density at radius 1 is 1.10 bits per heavy atom. The summed E-state index contributed by atoms with van der Waals surface area (Å²) in [6.45, 7) is 5.56. The molecular formula is C33H38F3N3O3. The second kappa shape index (κ2) is 12.8. The number of nitrogens with one attached hydrogen (secondary N) is 1. The maximum absolute atomic E-state index is 15.3. The van der Waals surface area contributed by atoms with Crippen LogP contribution in [0.15, 0.2) is 53.5 Å². The second-order valence-electron chi connectivity index (χ2n) is 11.9. The number of aliphatic carboxylic acids is 1. The van der Waals surface area contributed by atoms with Gasteiger partial charge in [0.2, 0.25) is 0 Å². The molecule has 0 amide bonds. The molecule has 6 nitrogen and oxygen atoms in total. The van der Waals surface area contributed by atoms with Gasteiger partial charge in [0, 0.05) is 56.1 Å². The molecule has 0 spiro atoms. The Kier molecular flexibility index (Phi) is 9.18. The maximum atomic E-state index is 15.3. The first-order valence-corrected chi connectivity index (χ1v) is 14.7. The predicted octanol–water partition coefficient (Wildman–Crippen LogP) is 5.75. The molecule has 1 aromatic heterocycles. The van der Waals surface area contributed by atoms with E-state index in [4.69, 9.17) is 0 Å². The number of nitrogens with zero attached hydrogens (tertiary/aromatic N) is 2. The molecule has 42 heavy (non-hydrogen) atoms. The van der Waals surface area contributed by atoms with Gasteiger partial charge in [-0.2, -0.15) is 0 Å². The Morgan fingerprint density at radius 2 is 1.81 bits per heavy atom. The highest BCUT2D eigenvalue weighted by Crippen LogP contribution is 2.37. The summed E-state index contributed by atoms with van der Waals surface area (Å²) in [5.74, 6) is -2.82. The van der Waals surface area contributed by atoms with Crippen LogP contribution in [0.1, 0.15) is 60.0 Å². The Morgan fingerprint density at radius 3 is 2.45 bits per heavy atom. The smallest absolute Gasteiger partial charge is 0.305 e. The van der Waals surface area contributed by atoms with E-state index in [0.29, 0.717) is 44.0 Å². The van der Waals surface area contributed by atoms with Crippen molar-refractivity contribution in [3.63, 3.8) is 0 Å². The van der Waals surface area contributed by atoms with Crippen LogP contribution in [0.25, 0.3) is 11.1 Å². The number of alkyl halides is 1. The first-order chi connectivity index (χ1) is 20.1. The van der Waals surface area contributed by atoms with E-state index in [1.165, 1.54) is 12.1 Å². The van der Waals surface area contributed by atoms with Crippen molar-refractivity contribution in [1.82, 2.24) is 14.8 Å². The van der Waals surface area contributed by atoms with Gasteiger partial charge in [0.05, 0.1) is 6.42 Å². The number of likely N-dealkylation sites (tertiary alicyclic amines) is 1. The van der Waals surface area contributed by atoms with E-state index in [0.717, 1.165) is 41.2 Å². The summed E-state index contributed by atoms with van der Waals surface area (Å²) in [6.07, 6.45) is 4.10. The molecule has 2 N–H and O–H groups in total. The number of benzene rings is 2. The summed E-state index contributed by atoms with van der Waals surface area (Å²) in [6, 6.07) is 10.4.